The van der Waals surface area contributed by atoms with E-state index in [0.29, 0.717) is 12.6 Å². The number of nitrogens with one attached hydrogen (secondary N) is 1. The van der Waals surface area contributed by atoms with Gasteiger partial charge in [0.1, 0.15) is 10.6 Å². The third kappa shape index (κ3) is 3.34. The second-order valence-electron chi connectivity index (χ2n) is 6.29. The number of hydrogen-bond acceptors (Lipinski definition) is 4. The normalized spacial score (nSPS) is 23.3. The molecule has 1 amide bonds. The Morgan fingerprint density at radius 3 is 2.50 bits per heavy atom. The fraction of sp³-hybridized carbons (Fsp3) is 0.643. The highest BCUT2D eigenvalue weighted by Crippen LogP contribution is 2.21. The van der Waals surface area contributed by atoms with Gasteiger partial charge in [-0.3, -0.25) is 9.69 Å². The lowest BCUT2D eigenvalue weighted by atomic mass is 10.1. The monoisotopic (exact) mass is 328 g/mol. The minimum absolute atomic E-state index is 0.0685. The molecule has 0 aliphatic carbocycles. The van der Waals surface area contributed by atoms with E-state index in [9.17, 15) is 13.2 Å². The first-order valence-electron chi connectivity index (χ1n) is 7.34. The van der Waals surface area contributed by atoms with Crippen molar-refractivity contribution in [3.05, 3.63) is 18.0 Å². The predicted molar refractivity (Wildman–Crippen MR) is 83.9 cm³/mol. The van der Waals surface area contributed by atoms with Crippen molar-refractivity contribution in [1.82, 2.24) is 14.2 Å². The average Bonchev–Trinajstić information content (AvgIpc) is 2.94. The van der Waals surface area contributed by atoms with Gasteiger partial charge in [-0.05, 0) is 25.8 Å². The SMILES string of the molecule is CC(C)N1C[C@H](C)[C@H](NS(=O)(=O)c2cc(C(N)=O)n(C)c2)C1. The number of aryl methyl sites for hydroxylation is 1. The third-order valence-electron chi connectivity index (χ3n) is 4.22. The van der Waals surface area contributed by atoms with Crippen LogP contribution in [0.15, 0.2) is 17.2 Å². The molecular formula is C14H24N4O3S. The van der Waals surface area contributed by atoms with Crippen molar-refractivity contribution in [3.8, 4) is 0 Å². The Balaban J connectivity index is 2.18. The topological polar surface area (TPSA) is 97.4 Å². The fourth-order valence-electron chi connectivity index (χ4n) is 2.77. The van der Waals surface area contributed by atoms with Gasteiger partial charge in [0.2, 0.25) is 10.0 Å². The summed E-state index contributed by atoms with van der Waals surface area (Å²) in [7, 11) is -2.07. The summed E-state index contributed by atoms with van der Waals surface area (Å²) in [6.45, 7) is 7.79. The van der Waals surface area contributed by atoms with Gasteiger partial charge in [-0.1, -0.05) is 6.92 Å². The molecule has 124 valence electrons. The molecule has 0 bridgehead atoms. The maximum absolute atomic E-state index is 12.5. The molecule has 1 fully saturated rings. The van der Waals surface area contributed by atoms with E-state index in [4.69, 9.17) is 5.73 Å². The zero-order valence-corrected chi connectivity index (χ0v) is 14.2. The Hall–Kier alpha value is -1.38. The van der Waals surface area contributed by atoms with Gasteiger partial charge >= 0.3 is 0 Å². The zero-order valence-electron chi connectivity index (χ0n) is 13.4. The quantitative estimate of drug-likeness (QED) is 0.803. The molecule has 1 saturated heterocycles. The molecule has 22 heavy (non-hydrogen) atoms. The van der Waals surface area contributed by atoms with Gasteiger partial charge in [-0.2, -0.15) is 0 Å². The van der Waals surface area contributed by atoms with E-state index in [1.807, 2.05) is 6.92 Å². The van der Waals surface area contributed by atoms with Gasteiger partial charge in [-0.15, -0.1) is 0 Å². The van der Waals surface area contributed by atoms with Crippen molar-refractivity contribution < 1.29 is 13.2 Å². The van der Waals surface area contributed by atoms with E-state index in [1.54, 1.807) is 7.05 Å². The average molecular weight is 328 g/mol. The molecule has 2 heterocycles. The number of carbonyl (C=O) groups is 1. The Kier molecular flexibility index (Phi) is 4.65. The van der Waals surface area contributed by atoms with Crippen LogP contribution in [0.4, 0.5) is 0 Å². The summed E-state index contributed by atoms with van der Waals surface area (Å²) in [6, 6.07) is 1.56. The number of rotatable bonds is 5. The van der Waals surface area contributed by atoms with Gasteiger partial charge in [0, 0.05) is 38.4 Å². The van der Waals surface area contributed by atoms with E-state index in [2.05, 4.69) is 23.5 Å². The zero-order chi connectivity index (χ0) is 16.7. The number of hydrogen-bond donors (Lipinski definition) is 2. The van der Waals surface area contributed by atoms with Gasteiger partial charge in [-0.25, -0.2) is 13.1 Å². The standard InChI is InChI=1S/C14H24N4O3S/c1-9(2)18-6-10(3)12(8-18)16-22(20,21)11-5-13(14(15)19)17(4)7-11/h5,7,9-10,12,16H,6,8H2,1-4H3,(H2,15,19)/t10-,12+/m0/s1. The summed E-state index contributed by atoms with van der Waals surface area (Å²) in [5, 5.41) is 0. The summed E-state index contributed by atoms with van der Waals surface area (Å²) >= 11 is 0. The number of likely N-dealkylation sites (tertiary alicyclic amines) is 1. The number of amides is 1. The van der Waals surface area contributed by atoms with Crippen molar-refractivity contribution >= 4 is 15.9 Å². The molecule has 1 aromatic rings. The van der Waals surface area contributed by atoms with E-state index in [0.717, 1.165) is 6.54 Å². The van der Waals surface area contributed by atoms with Gasteiger partial charge < -0.3 is 10.3 Å². The van der Waals surface area contributed by atoms with E-state index in [1.165, 1.54) is 16.8 Å². The summed E-state index contributed by atoms with van der Waals surface area (Å²) in [5.74, 6) is -0.416. The van der Waals surface area contributed by atoms with Crippen molar-refractivity contribution in [3.63, 3.8) is 0 Å². The van der Waals surface area contributed by atoms with Crippen molar-refractivity contribution in [2.45, 2.75) is 37.8 Å². The molecule has 1 aliphatic heterocycles. The van der Waals surface area contributed by atoms with Crippen LogP contribution >= 0.6 is 0 Å². The molecule has 2 rings (SSSR count). The summed E-state index contributed by atoms with van der Waals surface area (Å²) in [4.78, 5) is 13.6. The second-order valence-corrected chi connectivity index (χ2v) is 8.00. The second kappa shape index (κ2) is 6.02. The molecule has 0 spiro atoms. The maximum Gasteiger partial charge on any atom is 0.265 e. The maximum atomic E-state index is 12.5. The van der Waals surface area contributed by atoms with Crippen LogP contribution in [-0.2, 0) is 17.1 Å². The summed E-state index contributed by atoms with van der Waals surface area (Å²) < 4.78 is 29.2. The predicted octanol–water partition coefficient (Wildman–Crippen LogP) is 0.131. The molecular weight excluding hydrogens is 304 g/mol. The van der Waals surface area contributed by atoms with Gasteiger partial charge in [0.05, 0.1) is 0 Å². The Morgan fingerprint density at radius 2 is 2.05 bits per heavy atom. The number of carbonyl (C=O) groups excluding carboxylic acids is 1. The smallest absolute Gasteiger partial charge is 0.265 e. The molecule has 0 saturated carbocycles. The van der Waals surface area contributed by atoms with E-state index >= 15 is 0 Å². The van der Waals surface area contributed by atoms with Crippen LogP contribution < -0.4 is 10.5 Å². The lowest BCUT2D eigenvalue weighted by Crippen LogP contribution is -2.40. The molecule has 8 heteroatoms. The van der Waals surface area contributed by atoms with Crippen LogP contribution in [0.5, 0.6) is 0 Å². The highest BCUT2D eigenvalue weighted by molar-refractivity contribution is 7.89. The lowest BCUT2D eigenvalue weighted by molar-refractivity contribution is 0.0992. The first-order chi connectivity index (χ1) is 10.1. The van der Waals surface area contributed by atoms with E-state index in [-0.39, 0.29) is 22.5 Å². The third-order valence-corrected chi connectivity index (χ3v) is 5.68. The number of nitrogens with two attached hydrogens (primary N) is 1. The molecule has 0 aromatic carbocycles. The van der Waals surface area contributed by atoms with Crippen LogP contribution in [0.25, 0.3) is 0 Å². The molecule has 1 aliphatic rings. The number of aromatic nitrogens is 1. The molecule has 3 N–H and O–H groups in total. The number of primary amides is 1. The van der Waals surface area contributed by atoms with E-state index < -0.39 is 15.9 Å². The Bertz CT molecular complexity index is 666. The Labute approximate surface area is 131 Å². The summed E-state index contributed by atoms with van der Waals surface area (Å²) in [6.07, 6.45) is 1.41. The first kappa shape index (κ1) is 17.0. The van der Waals surface area contributed by atoms with Crippen molar-refractivity contribution in [1.29, 1.82) is 0 Å². The molecule has 0 unspecified atom stereocenters. The minimum Gasteiger partial charge on any atom is -0.364 e. The fourth-order valence-corrected chi connectivity index (χ4v) is 4.18. The first-order valence-corrected chi connectivity index (χ1v) is 8.82. The van der Waals surface area contributed by atoms with Crippen LogP contribution in [0, 0.1) is 5.92 Å². The lowest BCUT2D eigenvalue weighted by Gasteiger charge is -2.20. The highest BCUT2D eigenvalue weighted by Gasteiger charge is 2.34. The van der Waals surface area contributed by atoms with Crippen LogP contribution in [-0.4, -0.2) is 49.0 Å². The van der Waals surface area contributed by atoms with Crippen LogP contribution in [0.3, 0.4) is 0 Å². The van der Waals surface area contributed by atoms with Gasteiger partial charge in [0.15, 0.2) is 0 Å². The molecule has 0 radical (unpaired) electrons. The highest BCUT2D eigenvalue weighted by atomic mass is 32.2. The minimum atomic E-state index is -3.67. The van der Waals surface area contributed by atoms with Crippen molar-refractivity contribution in [2.24, 2.45) is 18.7 Å². The molecule has 2 atom stereocenters. The van der Waals surface area contributed by atoms with Crippen LogP contribution in [0.1, 0.15) is 31.3 Å². The summed E-state index contributed by atoms with van der Waals surface area (Å²) in [5.41, 5.74) is 5.40. The number of sulfonamides is 1. The van der Waals surface area contributed by atoms with Gasteiger partial charge in [0.25, 0.3) is 5.91 Å². The molecule has 1 aromatic heterocycles. The molecule has 7 nitrogen and oxygen atoms in total. The largest absolute Gasteiger partial charge is 0.364 e. The number of nitrogens with zero attached hydrogens (tertiary/aromatic N) is 2. The Morgan fingerprint density at radius 1 is 1.41 bits per heavy atom. The van der Waals surface area contributed by atoms with Crippen molar-refractivity contribution in [2.75, 3.05) is 13.1 Å². The van der Waals surface area contributed by atoms with Crippen LogP contribution in [0.2, 0.25) is 0 Å².